The van der Waals surface area contributed by atoms with Crippen molar-refractivity contribution in [2.45, 2.75) is 0 Å². The second-order valence-corrected chi connectivity index (χ2v) is 6.81. The number of anilines is 1. The number of hydrogen-bond acceptors (Lipinski definition) is 5. The molecule has 2 aromatic rings. The lowest BCUT2D eigenvalue weighted by Crippen LogP contribution is -2.39. The smallest absolute Gasteiger partial charge is 0.321 e. The minimum atomic E-state index is -0.625. The fraction of sp³-hybridized carbons (Fsp3) is 0.100. The Labute approximate surface area is 170 Å². The van der Waals surface area contributed by atoms with Crippen molar-refractivity contribution in [2.24, 2.45) is 4.99 Å². The summed E-state index contributed by atoms with van der Waals surface area (Å²) in [6.07, 6.45) is 1.64. The van der Waals surface area contributed by atoms with Crippen molar-refractivity contribution in [1.82, 2.24) is 10.6 Å². The molecule has 0 atom stereocenters. The zero-order valence-electron chi connectivity index (χ0n) is 15.4. The highest BCUT2D eigenvalue weighted by atomic mass is 32.2. The van der Waals surface area contributed by atoms with E-state index in [0.29, 0.717) is 5.69 Å². The first-order valence-electron chi connectivity index (χ1n) is 8.58. The van der Waals surface area contributed by atoms with Crippen molar-refractivity contribution >= 4 is 46.5 Å². The number of carbonyl (C=O) groups is 3. The van der Waals surface area contributed by atoms with Crippen molar-refractivity contribution in [3.8, 4) is 0 Å². The molecule has 0 saturated heterocycles. The Balaban J connectivity index is 1.86. The molecule has 2 aromatic carbocycles. The van der Waals surface area contributed by atoms with Gasteiger partial charge in [0.25, 0.3) is 5.91 Å². The van der Waals surface area contributed by atoms with Crippen LogP contribution in [0.3, 0.4) is 0 Å². The molecule has 1 aliphatic rings. The SMILES string of the molecule is CNC(=O)NC(=O)CSC1=N/C(=C\c2ccccc2)C(=O)N1c1ccc(F)cc1. The van der Waals surface area contributed by atoms with Crippen molar-refractivity contribution in [1.29, 1.82) is 0 Å². The van der Waals surface area contributed by atoms with Gasteiger partial charge in [0.15, 0.2) is 5.17 Å². The van der Waals surface area contributed by atoms with Crippen molar-refractivity contribution in [3.63, 3.8) is 0 Å². The number of imide groups is 1. The molecular formula is C20H17FN4O3S. The number of halogens is 1. The molecule has 0 aliphatic carbocycles. The van der Waals surface area contributed by atoms with Gasteiger partial charge >= 0.3 is 6.03 Å². The lowest BCUT2D eigenvalue weighted by atomic mass is 10.2. The van der Waals surface area contributed by atoms with Gasteiger partial charge in [0.05, 0.1) is 11.4 Å². The molecule has 0 radical (unpaired) electrons. The molecule has 0 bridgehead atoms. The predicted octanol–water partition coefficient (Wildman–Crippen LogP) is 2.76. The van der Waals surface area contributed by atoms with Crippen LogP contribution in [0.1, 0.15) is 5.56 Å². The maximum Gasteiger partial charge on any atom is 0.321 e. The van der Waals surface area contributed by atoms with Crippen LogP contribution in [0.5, 0.6) is 0 Å². The molecule has 0 aromatic heterocycles. The third kappa shape index (κ3) is 5.08. The molecule has 9 heteroatoms. The van der Waals surface area contributed by atoms with Gasteiger partial charge in [-0.1, -0.05) is 42.1 Å². The van der Waals surface area contributed by atoms with E-state index in [4.69, 9.17) is 0 Å². The van der Waals surface area contributed by atoms with Crippen molar-refractivity contribution < 1.29 is 18.8 Å². The maximum absolute atomic E-state index is 13.3. The average Bonchev–Trinajstić information content (AvgIpc) is 3.03. The fourth-order valence-corrected chi connectivity index (χ4v) is 3.29. The Morgan fingerprint density at radius 2 is 1.83 bits per heavy atom. The van der Waals surface area contributed by atoms with E-state index in [1.54, 1.807) is 6.08 Å². The van der Waals surface area contributed by atoms with Gasteiger partial charge in [-0.3, -0.25) is 19.8 Å². The number of hydrogen-bond donors (Lipinski definition) is 2. The molecule has 148 valence electrons. The van der Waals surface area contributed by atoms with Crippen LogP contribution in [-0.4, -0.2) is 35.8 Å². The second-order valence-electron chi connectivity index (χ2n) is 5.87. The molecule has 0 unspecified atom stereocenters. The first-order valence-corrected chi connectivity index (χ1v) is 9.56. The quantitative estimate of drug-likeness (QED) is 0.756. The largest absolute Gasteiger partial charge is 0.341 e. The topological polar surface area (TPSA) is 90.9 Å². The van der Waals surface area contributed by atoms with E-state index in [1.807, 2.05) is 30.3 Å². The van der Waals surface area contributed by atoms with Crippen LogP contribution in [0.4, 0.5) is 14.9 Å². The summed E-state index contributed by atoms with van der Waals surface area (Å²) in [4.78, 5) is 41.8. The zero-order chi connectivity index (χ0) is 20.8. The van der Waals surface area contributed by atoms with Gasteiger partial charge in [-0.15, -0.1) is 0 Å². The number of benzene rings is 2. The van der Waals surface area contributed by atoms with Gasteiger partial charge in [-0.2, -0.15) is 0 Å². The van der Waals surface area contributed by atoms with Gasteiger partial charge in [0, 0.05) is 7.05 Å². The summed E-state index contributed by atoms with van der Waals surface area (Å²) in [5.74, 6) is -1.49. The van der Waals surface area contributed by atoms with Crippen LogP contribution in [0.15, 0.2) is 65.3 Å². The molecule has 1 heterocycles. The lowest BCUT2D eigenvalue weighted by Gasteiger charge is -2.17. The molecule has 7 nitrogen and oxygen atoms in total. The van der Waals surface area contributed by atoms with Gasteiger partial charge in [0.2, 0.25) is 5.91 Å². The van der Waals surface area contributed by atoms with Crippen LogP contribution >= 0.6 is 11.8 Å². The van der Waals surface area contributed by atoms with Crippen LogP contribution in [0.2, 0.25) is 0 Å². The normalized spacial score (nSPS) is 14.7. The predicted molar refractivity (Wildman–Crippen MR) is 111 cm³/mol. The van der Waals surface area contributed by atoms with Crippen LogP contribution < -0.4 is 15.5 Å². The van der Waals surface area contributed by atoms with Gasteiger partial charge in [-0.05, 0) is 35.9 Å². The lowest BCUT2D eigenvalue weighted by molar-refractivity contribution is -0.117. The highest BCUT2D eigenvalue weighted by Crippen LogP contribution is 2.29. The third-order valence-electron chi connectivity index (χ3n) is 3.83. The van der Waals surface area contributed by atoms with Gasteiger partial charge in [0.1, 0.15) is 11.5 Å². The van der Waals surface area contributed by atoms with E-state index in [0.717, 1.165) is 17.3 Å². The number of thioether (sulfide) groups is 1. The molecule has 0 fully saturated rings. The highest BCUT2D eigenvalue weighted by Gasteiger charge is 2.32. The monoisotopic (exact) mass is 412 g/mol. The van der Waals surface area contributed by atoms with E-state index >= 15 is 0 Å². The first kappa shape index (κ1) is 20.3. The summed E-state index contributed by atoms with van der Waals surface area (Å²) in [6, 6.07) is 14.0. The van der Waals surface area contributed by atoms with Crippen LogP contribution in [0.25, 0.3) is 6.08 Å². The maximum atomic E-state index is 13.3. The van der Waals surface area contributed by atoms with E-state index < -0.39 is 23.7 Å². The molecule has 3 rings (SSSR count). The minimum absolute atomic E-state index is 0.129. The molecule has 0 saturated carbocycles. The third-order valence-corrected chi connectivity index (χ3v) is 4.77. The summed E-state index contributed by atoms with van der Waals surface area (Å²) in [6.45, 7) is 0. The van der Waals surface area contributed by atoms with Crippen LogP contribution in [-0.2, 0) is 9.59 Å². The Morgan fingerprint density at radius 3 is 2.48 bits per heavy atom. The number of amidine groups is 1. The molecular weight excluding hydrogens is 395 g/mol. The Bertz CT molecular complexity index is 991. The molecule has 29 heavy (non-hydrogen) atoms. The zero-order valence-corrected chi connectivity index (χ0v) is 16.2. The van der Waals surface area contributed by atoms with E-state index in [1.165, 1.54) is 36.2 Å². The number of amides is 4. The molecule has 0 spiro atoms. The second kappa shape index (κ2) is 9.16. The Morgan fingerprint density at radius 1 is 1.14 bits per heavy atom. The summed E-state index contributed by atoms with van der Waals surface area (Å²) in [5.41, 5.74) is 1.41. The summed E-state index contributed by atoms with van der Waals surface area (Å²) in [7, 11) is 1.40. The number of nitrogens with one attached hydrogen (secondary N) is 2. The van der Waals surface area contributed by atoms with E-state index in [2.05, 4.69) is 15.6 Å². The van der Waals surface area contributed by atoms with Crippen LogP contribution in [0, 0.1) is 5.82 Å². The molecule has 1 aliphatic heterocycles. The number of aliphatic imine (C=N–C) groups is 1. The van der Waals surface area contributed by atoms with E-state index in [9.17, 15) is 18.8 Å². The minimum Gasteiger partial charge on any atom is -0.341 e. The van der Waals surface area contributed by atoms with Crippen molar-refractivity contribution in [3.05, 3.63) is 71.7 Å². The number of urea groups is 1. The van der Waals surface area contributed by atoms with E-state index in [-0.39, 0.29) is 16.6 Å². The van der Waals surface area contributed by atoms with Gasteiger partial charge in [-0.25, -0.2) is 14.2 Å². The summed E-state index contributed by atoms with van der Waals surface area (Å²) in [5, 5.41) is 4.69. The molecule has 2 N–H and O–H groups in total. The Hall–Kier alpha value is -3.46. The Kier molecular flexibility index (Phi) is 6.40. The number of nitrogens with zero attached hydrogens (tertiary/aromatic N) is 2. The number of carbonyl (C=O) groups excluding carboxylic acids is 3. The average molecular weight is 412 g/mol. The molecule has 4 amide bonds. The fourth-order valence-electron chi connectivity index (χ4n) is 2.47. The standard InChI is InChI=1S/C20H17FN4O3S/c1-22-19(28)24-17(26)12-29-20-23-16(11-13-5-3-2-4-6-13)18(27)25(20)15-9-7-14(21)8-10-15/h2-11H,12H2,1H3,(H2,22,24,26,28)/b16-11-. The highest BCUT2D eigenvalue weighted by molar-refractivity contribution is 8.14. The first-order chi connectivity index (χ1) is 14.0. The summed E-state index contributed by atoms with van der Waals surface area (Å²) >= 11 is 0.998. The van der Waals surface area contributed by atoms with Gasteiger partial charge < -0.3 is 5.32 Å². The van der Waals surface area contributed by atoms with Crippen molar-refractivity contribution in [2.75, 3.05) is 17.7 Å². The summed E-state index contributed by atoms with van der Waals surface area (Å²) < 4.78 is 13.3. The number of rotatable bonds is 4.